The summed E-state index contributed by atoms with van der Waals surface area (Å²) in [5.41, 5.74) is 4.63. The number of imidazole rings is 1. The fourth-order valence-corrected chi connectivity index (χ4v) is 4.20. The summed E-state index contributed by atoms with van der Waals surface area (Å²) in [5, 5.41) is 5.48. The molecule has 0 aliphatic heterocycles. The fourth-order valence-electron chi connectivity index (χ4n) is 3.38. The number of carbonyl (C=O) groups excluding carboxylic acids is 1. The Labute approximate surface area is 181 Å². The molecule has 5 aromatic rings. The van der Waals surface area contributed by atoms with Gasteiger partial charge >= 0.3 is 0 Å². The van der Waals surface area contributed by atoms with Gasteiger partial charge in [-0.1, -0.05) is 36.4 Å². The Balaban J connectivity index is 1.35. The largest absolute Gasteiger partial charge is 0.338 e. The van der Waals surface area contributed by atoms with Crippen molar-refractivity contribution in [1.29, 1.82) is 0 Å². The number of amides is 1. The van der Waals surface area contributed by atoms with Crippen LogP contribution in [0.1, 0.15) is 5.69 Å². The smallest absolute Gasteiger partial charge is 0.230 e. The van der Waals surface area contributed by atoms with Crippen LogP contribution >= 0.6 is 11.3 Å². The molecule has 0 spiro atoms. The first-order valence-corrected chi connectivity index (χ1v) is 10.6. The highest BCUT2D eigenvalue weighted by Gasteiger charge is 2.14. The van der Waals surface area contributed by atoms with Crippen LogP contribution in [-0.2, 0) is 11.2 Å². The third-order valence-corrected chi connectivity index (χ3v) is 5.75. The number of carbonyl (C=O) groups is 1. The maximum atomic E-state index is 13.5. The van der Waals surface area contributed by atoms with Crippen molar-refractivity contribution in [2.75, 3.05) is 5.32 Å². The molecule has 0 saturated heterocycles. The zero-order valence-corrected chi connectivity index (χ0v) is 17.1. The van der Waals surface area contributed by atoms with E-state index in [9.17, 15) is 9.18 Å². The summed E-state index contributed by atoms with van der Waals surface area (Å²) >= 11 is 1.39. The first-order chi connectivity index (χ1) is 15.2. The van der Waals surface area contributed by atoms with Crippen molar-refractivity contribution < 1.29 is 9.18 Å². The normalized spacial score (nSPS) is 11.0. The number of H-pyrrole nitrogens is 1. The fraction of sp³-hybridized carbons (Fsp3) is 0.0417. The maximum absolute atomic E-state index is 13.5. The average molecular weight is 428 g/mol. The maximum Gasteiger partial charge on any atom is 0.230 e. The number of thiazole rings is 1. The molecule has 0 aliphatic carbocycles. The van der Waals surface area contributed by atoms with Gasteiger partial charge in [-0.25, -0.2) is 14.4 Å². The molecule has 0 atom stereocenters. The number of hydrogen-bond donors (Lipinski definition) is 2. The highest BCUT2D eigenvalue weighted by Crippen LogP contribution is 2.28. The van der Waals surface area contributed by atoms with E-state index in [1.54, 1.807) is 12.1 Å². The highest BCUT2D eigenvalue weighted by molar-refractivity contribution is 7.13. The molecule has 0 radical (unpaired) electrons. The van der Waals surface area contributed by atoms with Gasteiger partial charge in [0.05, 0.1) is 28.8 Å². The number of aromatic nitrogens is 3. The minimum Gasteiger partial charge on any atom is -0.338 e. The average Bonchev–Trinajstić information content (AvgIpc) is 3.41. The van der Waals surface area contributed by atoms with Crippen LogP contribution in [0, 0.1) is 5.82 Å². The topological polar surface area (TPSA) is 70.7 Å². The van der Waals surface area contributed by atoms with E-state index in [1.807, 2.05) is 53.9 Å². The van der Waals surface area contributed by atoms with E-state index in [0.717, 1.165) is 16.6 Å². The Morgan fingerprint density at radius 2 is 1.84 bits per heavy atom. The molecule has 0 aliphatic rings. The Bertz CT molecular complexity index is 1360. The number of aromatic amines is 1. The van der Waals surface area contributed by atoms with Crippen molar-refractivity contribution in [2.24, 2.45) is 0 Å². The molecule has 0 unspecified atom stereocenters. The van der Waals surface area contributed by atoms with Crippen molar-refractivity contribution in [2.45, 2.75) is 6.42 Å². The molecule has 1 amide bonds. The lowest BCUT2D eigenvalue weighted by atomic mass is 10.1. The molecule has 5 nitrogen and oxygen atoms in total. The standard InChI is InChI=1S/C24H17FN4OS/c25-16-7-5-6-15(12-16)24-26-17(14-31-24)13-22(30)27-19-9-2-1-8-18(19)23-28-20-10-3-4-11-21(20)29-23/h1-12,14H,13H2,(H,27,30)(H,28,29). The van der Waals surface area contributed by atoms with Crippen LogP contribution in [0.15, 0.2) is 78.2 Å². The number of benzene rings is 3. The van der Waals surface area contributed by atoms with E-state index < -0.39 is 0 Å². The Morgan fingerprint density at radius 1 is 1.00 bits per heavy atom. The zero-order valence-electron chi connectivity index (χ0n) is 16.3. The van der Waals surface area contributed by atoms with Crippen molar-refractivity contribution in [3.8, 4) is 22.0 Å². The first-order valence-electron chi connectivity index (χ1n) is 9.70. The minimum atomic E-state index is -0.311. The quantitative estimate of drug-likeness (QED) is 0.379. The van der Waals surface area contributed by atoms with Crippen LogP contribution in [0.25, 0.3) is 33.0 Å². The second-order valence-electron chi connectivity index (χ2n) is 7.03. The predicted octanol–water partition coefficient (Wildman–Crippen LogP) is 5.67. The number of anilines is 1. The van der Waals surface area contributed by atoms with E-state index >= 15 is 0 Å². The molecule has 0 fully saturated rings. The van der Waals surface area contributed by atoms with Crippen LogP contribution in [0.5, 0.6) is 0 Å². The van der Waals surface area contributed by atoms with Gasteiger partial charge in [0.1, 0.15) is 16.6 Å². The second-order valence-corrected chi connectivity index (χ2v) is 7.89. The molecule has 5 rings (SSSR count). The summed E-state index contributed by atoms with van der Waals surface area (Å²) < 4.78 is 13.5. The third kappa shape index (κ3) is 4.08. The van der Waals surface area contributed by atoms with Gasteiger partial charge in [-0.2, -0.15) is 0 Å². The number of rotatable bonds is 5. The molecule has 3 aromatic carbocycles. The third-order valence-electron chi connectivity index (χ3n) is 4.81. The summed E-state index contributed by atoms with van der Waals surface area (Å²) in [4.78, 5) is 25.1. The lowest BCUT2D eigenvalue weighted by Crippen LogP contribution is -2.15. The predicted molar refractivity (Wildman–Crippen MR) is 121 cm³/mol. The lowest BCUT2D eigenvalue weighted by Gasteiger charge is -2.09. The number of nitrogens with one attached hydrogen (secondary N) is 2. The van der Waals surface area contributed by atoms with Crippen molar-refractivity contribution >= 4 is 34.0 Å². The zero-order chi connectivity index (χ0) is 21.2. The van der Waals surface area contributed by atoms with E-state index in [2.05, 4.69) is 20.3 Å². The number of halogens is 1. The molecule has 31 heavy (non-hydrogen) atoms. The van der Waals surface area contributed by atoms with Gasteiger partial charge in [0.2, 0.25) is 5.91 Å². The summed E-state index contributed by atoms with van der Waals surface area (Å²) in [6.45, 7) is 0. The van der Waals surface area contributed by atoms with Gasteiger partial charge in [-0.15, -0.1) is 11.3 Å². The lowest BCUT2D eigenvalue weighted by molar-refractivity contribution is -0.115. The van der Waals surface area contributed by atoms with Crippen LogP contribution in [0.4, 0.5) is 10.1 Å². The summed E-state index contributed by atoms with van der Waals surface area (Å²) in [6.07, 6.45) is 0.125. The van der Waals surface area contributed by atoms with E-state index in [4.69, 9.17) is 0 Å². The van der Waals surface area contributed by atoms with Gasteiger partial charge in [-0.3, -0.25) is 4.79 Å². The van der Waals surface area contributed by atoms with Crippen LogP contribution in [0.3, 0.4) is 0 Å². The monoisotopic (exact) mass is 428 g/mol. The summed E-state index contributed by atoms with van der Waals surface area (Å²) in [5.74, 6) is 0.202. The van der Waals surface area contributed by atoms with Gasteiger partial charge < -0.3 is 10.3 Å². The summed E-state index contributed by atoms with van der Waals surface area (Å²) in [6, 6.07) is 21.6. The van der Waals surface area contributed by atoms with E-state index in [-0.39, 0.29) is 18.1 Å². The number of para-hydroxylation sites is 3. The van der Waals surface area contributed by atoms with E-state index in [1.165, 1.54) is 23.5 Å². The van der Waals surface area contributed by atoms with Gasteiger partial charge in [0, 0.05) is 16.5 Å². The van der Waals surface area contributed by atoms with Gasteiger partial charge in [0.25, 0.3) is 0 Å². The molecule has 7 heteroatoms. The molecule has 0 saturated carbocycles. The highest BCUT2D eigenvalue weighted by atomic mass is 32.1. The molecule has 0 bridgehead atoms. The molecular formula is C24H17FN4OS. The SMILES string of the molecule is O=C(Cc1csc(-c2cccc(F)c2)n1)Nc1ccccc1-c1nc2ccccc2[nH]1. The second kappa shape index (κ2) is 8.12. The number of fused-ring (bicyclic) bond motifs is 1. The Morgan fingerprint density at radius 3 is 2.71 bits per heavy atom. The first kappa shape index (κ1) is 19.1. The van der Waals surface area contributed by atoms with Crippen molar-refractivity contribution in [3.63, 3.8) is 0 Å². The number of hydrogen-bond acceptors (Lipinski definition) is 4. The molecule has 2 N–H and O–H groups in total. The van der Waals surface area contributed by atoms with Crippen LogP contribution in [-0.4, -0.2) is 20.9 Å². The van der Waals surface area contributed by atoms with Crippen molar-refractivity contribution in [1.82, 2.24) is 15.0 Å². The number of nitrogens with zero attached hydrogens (tertiary/aromatic N) is 2. The molecular weight excluding hydrogens is 411 g/mol. The Kier molecular flexibility index (Phi) is 5.01. The van der Waals surface area contributed by atoms with Crippen molar-refractivity contribution in [3.05, 3.63) is 89.7 Å². The van der Waals surface area contributed by atoms with Crippen LogP contribution < -0.4 is 5.32 Å². The minimum absolute atomic E-state index is 0.125. The van der Waals surface area contributed by atoms with E-state index in [0.29, 0.717) is 27.8 Å². The van der Waals surface area contributed by atoms with Gasteiger partial charge in [0.15, 0.2) is 0 Å². The molecule has 152 valence electrons. The van der Waals surface area contributed by atoms with Gasteiger partial charge in [-0.05, 0) is 36.4 Å². The Hall–Kier alpha value is -3.84. The molecule has 2 heterocycles. The van der Waals surface area contributed by atoms with Crippen LogP contribution in [0.2, 0.25) is 0 Å². The summed E-state index contributed by atoms with van der Waals surface area (Å²) in [7, 11) is 0. The molecule has 2 aromatic heterocycles.